The lowest BCUT2D eigenvalue weighted by Crippen LogP contribution is -2.23. The second-order valence-electron chi connectivity index (χ2n) is 6.15. The summed E-state index contributed by atoms with van der Waals surface area (Å²) in [4.78, 5) is 22.0. The number of para-hydroxylation sites is 1. The molecular weight excluding hydrogens is 341 g/mol. The van der Waals surface area contributed by atoms with Crippen LogP contribution in [0, 0.1) is 12.7 Å². The monoisotopic (exact) mass is 357 g/mol. The zero-order valence-corrected chi connectivity index (χ0v) is 14.6. The quantitative estimate of drug-likeness (QED) is 0.546. The van der Waals surface area contributed by atoms with Gasteiger partial charge in [0.05, 0.1) is 22.3 Å². The van der Waals surface area contributed by atoms with E-state index >= 15 is 0 Å². The Bertz CT molecular complexity index is 1210. The van der Waals surface area contributed by atoms with Crippen molar-refractivity contribution in [1.29, 1.82) is 0 Å². The SMILES string of the molecule is Cc1ccccc1-n1c(/C=C/c2ccccn2)nc2ccc(F)cc2c1=O. The standard InChI is InChI=1S/C22H16FN3O/c1-15-6-2-3-8-20(15)26-21(12-10-17-7-4-5-13-24-17)25-19-11-9-16(23)14-18(19)22(26)27/h2-14H,1H3/b12-10+. The summed E-state index contributed by atoms with van der Waals surface area (Å²) < 4.78 is 15.2. The number of halogens is 1. The second-order valence-corrected chi connectivity index (χ2v) is 6.15. The summed E-state index contributed by atoms with van der Waals surface area (Å²) in [6.45, 7) is 1.92. The van der Waals surface area contributed by atoms with E-state index in [2.05, 4.69) is 9.97 Å². The molecule has 0 atom stereocenters. The van der Waals surface area contributed by atoms with Gasteiger partial charge < -0.3 is 0 Å². The zero-order chi connectivity index (χ0) is 18.8. The average molecular weight is 357 g/mol. The molecule has 0 fully saturated rings. The first kappa shape index (κ1) is 16.8. The van der Waals surface area contributed by atoms with Gasteiger partial charge in [-0.1, -0.05) is 24.3 Å². The first-order valence-corrected chi connectivity index (χ1v) is 8.51. The molecule has 0 spiro atoms. The topological polar surface area (TPSA) is 47.8 Å². The van der Waals surface area contributed by atoms with Gasteiger partial charge in [-0.3, -0.25) is 14.3 Å². The Balaban J connectivity index is 2.00. The summed E-state index contributed by atoms with van der Waals surface area (Å²) in [5.41, 5.74) is 2.52. The van der Waals surface area contributed by atoms with Gasteiger partial charge in [-0.05, 0) is 61.0 Å². The van der Waals surface area contributed by atoms with Crippen molar-refractivity contribution in [3.05, 3.63) is 100 Å². The van der Waals surface area contributed by atoms with Crippen molar-refractivity contribution in [2.45, 2.75) is 6.92 Å². The van der Waals surface area contributed by atoms with E-state index in [0.29, 0.717) is 17.0 Å². The highest BCUT2D eigenvalue weighted by Gasteiger charge is 2.13. The van der Waals surface area contributed by atoms with E-state index in [4.69, 9.17) is 0 Å². The summed E-state index contributed by atoms with van der Waals surface area (Å²) in [7, 11) is 0. The normalized spacial score (nSPS) is 11.3. The highest BCUT2D eigenvalue weighted by molar-refractivity contribution is 5.80. The van der Waals surface area contributed by atoms with Crippen LogP contribution in [-0.4, -0.2) is 14.5 Å². The fourth-order valence-corrected chi connectivity index (χ4v) is 2.97. The summed E-state index contributed by atoms with van der Waals surface area (Å²) in [6.07, 6.45) is 5.25. The predicted octanol–water partition coefficient (Wildman–Crippen LogP) is 4.40. The molecule has 5 heteroatoms. The van der Waals surface area contributed by atoms with Crippen LogP contribution in [0.3, 0.4) is 0 Å². The first-order chi connectivity index (χ1) is 13.1. The lowest BCUT2D eigenvalue weighted by Gasteiger charge is -2.13. The minimum atomic E-state index is -0.463. The Labute approximate surface area is 155 Å². The van der Waals surface area contributed by atoms with Crippen molar-refractivity contribution in [2.24, 2.45) is 0 Å². The van der Waals surface area contributed by atoms with E-state index < -0.39 is 5.82 Å². The highest BCUT2D eigenvalue weighted by atomic mass is 19.1. The fraction of sp³-hybridized carbons (Fsp3) is 0.0455. The number of benzene rings is 2. The van der Waals surface area contributed by atoms with Crippen molar-refractivity contribution in [3.63, 3.8) is 0 Å². The van der Waals surface area contributed by atoms with Gasteiger partial charge in [0.1, 0.15) is 11.6 Å². The molecule has 4 aromatic rings. The Morgan fingerprint density at radius 3 is 2.59 bits per heavy atom. The Morgan fingerprint density at radius 1 is 1.00 bits per heavy atom. The molecule has 0 saturated carbocycles. The highest BCUT2D eigenvalue weighted by Crippen LogP contribution is 2.18. The molecule has 0 saturated heterocycles. The minimum absolute atomic E-state index is 0.244. The predicted molar refractivity (Wildman–Crippen MR) is 105 cm³/mol. The Morgan fingerprint density at radius 2 is 1.81 bits per heavy atom. The molecule has 4 rings (SSSR count). The van der Waals surface area contributed by atoms with Crippen molar-refractivity contribution < 1.29 is 4.39 Å². The summed E-state index contributed by atoms with van der Waals surface area (Å²) in [5, 5.41) is 0.244. The number of fused-ring (bicyclic) bond motifs is 1. The first-order valence-electron chi connectivity index (χ1n) is 8.51. The number of aryl methyl sites for hydroxylation is 1. The molecule has 2 heterocycles. The minimum Gasteiger partial charge on any atom is -0.268 e. The van der Waals surface area contributed by atoms with E-state index in [1.165, 1.54) is 22.8 Å². The molecule has 0 aliphatic heterocycles. The van der Waals surface area contributed by atoms with Crippen LogP contribution in [0.2, 0.25) is 0 Å². The van der Waals surface area contributed by atoms with Crippen LogP contribution in [-0.2, 0) is 0 Å². The zero-order valence-electron chi connectivity index (χ0n) is 14.6. The molecule has 0 aliphatic carbocycles. The number of aromatic nitrogens is 3. The maximum absolute atomic E-state index is 13.7. The lowest BCUT2D eigenvalue weighted by atomic mass is 10.1. The van der Waals surface area contributed by atoms with Crippen LogP contribution in [0.15, 0.2) is 71.7 Å². The summed E-state index contributed by atoms with van der Waals surface area (Å²) in [5.74, 6) is -0.00595. The van der Waals surface area contributed by atoms with Gasteiger partial charge in [0.25, 0.3) is 5.56 Å². The second kappa shape index (κ2) is 6.96. The molecular formula is C22H16FN3O. The van der Waals surface area contributed by atoms with E-state index in [9.17, 15) is 9.18 Å². The largest absolute Gasteiger partial charge is 0.268 e. The maximum Gasteiger partial charge on any atom is 0.266 e. The number of rotatable bonds is 3. The number of hydrogen-bond acceptors (Lipinski definition) is 3. The van der Waals surface area contributed by atoms with E-state index in [1.54, 1.807) is 18.3 Å². The molecule has 27 heavy (non-hydrogen) atoms. The van der Waals surface area contributed by atoms with Crippen LogP contribution >= 0.6 is 0 Å². The van der Waals surface area contributed by atoms with Gasteiger partial charge in [-0.2, -0.15) is 0 Å². The average Bonchev–Trinajstić information content (AvgIpc) is 2.69. The van der Waals surface area contributed by atoms with E-state index in [1.807, 2.05) is 49.4 Å². The smallest absolute Gasteiger partial charge is 0.266 e. The van der Waals surface area contributed by atoms with Crippen molar-refractivity contribution in [1.82, 2.24) is 14.5 Å². The van der Waals surface area contributed by atoms with Gasteiger partial charge >= 0.3 is 0 Å². The number of nitrogens with zero attached hydrogens (tertiary/aromatic N) is 3. The van der Waals surface area contributed by atoms with Crippen LogP contribution in [0.4, 0.5) is 4.39 Å². The molecule has 4 nitrogen and oxygen atoms in total. The molecule has 0 amide bonds. The number of hydrogen-bond donors (Lipinski definition) is 0. The molecule has 0 unspecified atom stereocenters. The molecule has 132 valence electrons. The number of pyridine rings is 1. The fourth-order valence-electron chi connectivity index (χ4n) is 2.97. The Kier molecular flexibility index (Phi) is 4.34. The maximum atomic E-state index is 13.7. The third kappa shape index (κ3) is 3.27. The molecule has 0 bridgehead atoms. The van der Waals surface area contributed by atoms with Crippen LogP contribution in [0.1, 0.15) is 17.1 Å². The van der Waals surface area contributed by atoms with Crippen molar-refractivity contribution in [3.8, 4) is 5.69 Å². The van der Waals surface area contributed by atoms with Gasteiger partial charge in [-0.15, -0.1) is 0 Å². The van der Waals surface area contributed by atoms with Crippen LogP contribution < -0.4 is 5.56 Å². The van der Waals surface area contributed by atoms with E-state index in [-0.39, 0.29) is 10.9 Å². The summed E-state index contributed by atoms with van der Waals surface area (Å²) >= 11 is 0. The lowest BCUT2D eigenvalue weighted by molar-refractivity contribution is 0.629. The van der Waals surface area contributed by atoms with Gasteiger partial charge in [0, 0.05) is 6.20 Å². The van der Waals surface area contributed by atoms with Gasteiger partial charge in [0.15, 0.2) is 0 Å². The Hall–Kier alpha value is -3.60. The van der Waals surface area contributed by atoms with Crippen molar-refractivity contribution >= 4 is 23.1 Å². The molecule has 0 aliphatic rings. The molecule has 2 aromatic carbocycles. The molecule has 0 N–H and O–H groups in total. The molecule has 2 aromatic heterocycles. The third-order valence-electron chi connectivity index (χ3n) is 4.30. The van der Waals surface area contributed by atoms with Crippen LogP contribution in [0.5, 0.6) is 0 Å². The summed E-state index contributed by atoms with van der Waals surface area (Å²) in [6, 6.07) is 17.2. The molecule has 0 radical (unpaired) electrons. The van der Waals surface area contributed by atoms with Crippen molar-refractivity contribution in [2.75, 3.05) is 0 Å². The third-order valence-corrected chi connectivity index (χ3v) is 4.30. The van der Waals surface area contributed by atoms with Crippen LogP contribution in [0.25, 0.3) is 28.7 Å². The van der Waals surface area contributed by atoms with E-state index in [0.717, 1.165) is 11.3 Å². The van der Waals surface area contributed by atoms with Gasteiger partial charge in [0.2, 0.25) is 0 Å². The van der Waals surface area contributed by atoms with Gasteiger partial charge in [-0.25, -0.2) is 9.37 Å².